The quantitative estimate of drug-likeness (QED) is 0.446. The second-order valence-corrected chi connectivity index (χ2v) is 8.24. The van der Waals surface area contributed by atoms with Gasteiger partial charge < -0.3 is 15.7 Å². The maximum Gasteiger partial charge on any atom is 0.326 e. The van der Waals surface area contributed by atoms with Crippen molar-refractivity contribution in [3.05, 3.63) is 59.7 Å². The van der Waals surface area contributed by atoms with E-state index in [-0.39, 0.29) is 18.4 Å². The van der Waals surface area contributed by atoms with Gasteiger partial charge in [0.05, 0.1) is 12.5 Å². The van der Waals surface area contributed by atoms with Crippen LogP contribution in [0.2, 0.25) is 0 Å². The number of carboxylic acids is 1. The van der Waals surface area contributed by atoms with E-state index in [0.29, 0.717) is 6.42 Å². The number of aliphatic carboxylic acids is 1. The molecule has 2 atom stereocenters. The summed E-state index contributed by atoms with van der Waals surface area (Å²) in [4.78, 5) is 28.4. The minimum Gasteiger partial charge on any atom is -0.480 e. The Morgan fingerprint density at radius 1 is 1.13 bits per heavy atom. The lowest BCUT2D eigenvalue weighted by molar-refractivity contribution is -0.142. The third kappa shape index (κ3) is 7.70. The first-order valence-electron chi connectivity index (χ1n) is 11.4. The normalized spacial score (nSPS) is 18.3. The van der Waals surface area contributed by atoms with E-state index in [1.54, 1.807) is 0 Å². The second kappa shape index (κ2) is 12.1. The molecule has 1 amide bonds. The lowest BCUT2D eigenvalue weighted by Gasteiger charge is -2.22. The van der Waals surface area contributed by atoms with E-state index in [4.69, 9.17) is 4.99 Å². The Hall–Kier alpha value is -2.89. The lowest BCUT2D eigenvalue weighted by atomic mass is 10.0. The number of carbonyl (C=O) groups excluding carboxylic acids is 1. The van der Waals surface area contributed by atoms with Crippen LogP contribution in [0.15, 0.2) is 59.1 Å². The third-order valence-electron chi connectivity index (χ3n) is 5.70. The highest BCUT2D eigenvalue weighted by atomic mass is 16.4. The fourth-order valence-electron chi connectivity index (χ4n) is 3.98. The fourth-order valence-corrected chi connectivity index (χ4v) is 3.98. The highest BCUT2D eigenvalue weighted by Crippen LogP contribution is 2.18. The molecule has 0 spiro atoms. The number of hydrogen-bond donors (Lipinski definition) is 3. The Morgan fingerprint density at radius 2 is 1.90 bits per heavy atom. The molecule has 31 heavy (non-hydrogen) atoms. The molecular formula is C25H33N3O3. The Bertz CT molecular complexity index is 830. The Kier molecular flexibility index (Phi) is 8.88. The van der Waals surface area contributed by atoms with E-state index in [9.17, 15) is 14.7 Å². The van der Waals surface area contributed by atoms with Crippen LogP contribution in [0.3, 0.4) is 0 Å². The zero-order valence-electron chi connectivity index (χ0n) is 18.1. The summed E-state index contributed by atoms with van der Waals surface area (Å²) in [7, 11) is 0. The van der Waals surface area contributed by atoms with Gasteiger partial charge in [-0.15, -0.1) is 0 Å². The Morgan fingerprint density at radius 3 is 2.71 bits per heavy atom. The molecule has 3 N–H and O–H groups in total. The average molecular weight is 424 g/mol. The first kappa shape index (κ1) is 22.8. The van der Waals surface area contributed by atoms with Crippen LogP contribution in [0.1, 0.15) is 56.9 Å². The number of nitrogens with one attached hydrogen (secondary N) is 2. The van der Waals surface area contributed by atoms with Crippen LogP contribution < -0.4 is 10.6 Å². The number of amides is 1. The van der Waals surface area contributed by atoms with Crippen molar-refractivity contribution in [1.82, 2.24) is 10.6 Å². The summed E-state index contributed by atoms with van der Waals surface area (Å²) in [5, 5.41) is 15.4. The second-order valence-electron chi connectivity index (χ2n) is 8.24. The number of benzene rings is 1. The molecule has 6 heteroatoms. The predicted octanol–water partition coefficient (Wildman–Crippen LogP) is 3.79. The molecule has 0 aliphatic carbocycles. The van der Waals surface area contributed by atoms with Gasteiger partial charge in [0.1, 0.15) is 11.9 Å². The summed E-state index contributed by atoms with van der Waals surface area (Å²) in [6.07, 6.45) is 14.4. The van der Waals surface area contributed by atoms with Crippen LogP contribution >= 0.6 is 0 Å². The number of rotatable bonds is 12. The van der Waals surface area contributed by atoms with E-state index in [2.05, 4.69) is 28.9 Å². The average Bonchev–Trinajstić information content (AvgIpc) is 2.78. The lowest BCUT2D eigenvalue weighted by Crippen LogP contribution is -2.41. The molecule has 1 aromatic rings. The number of carbonyl (C=O) groups is 2. The summed E-state index contributed by atoms with van der Waals surface area (Å²) < 4.78 is 0. The van der Waals surface area contributed by atoms with Gasteiger partial charge in [-0.25, -0.2) is 4.79 Å². The van der Waals surface area contributed by atoms with E-state index in [1.807, 2.05) is 30.3 Å². The van der Waals surface area contributed by atoms with Gasteiger partial charge in [-0.3, -0.25) is 9.79 Å². The van der Waals surface area contributed by atoms with Crippen molar-refractivity contribution in [1.29, 1.82) is 0 Å². The van der Waals surface area contributed by atoms with Gasteiger partial charge in [0.2, 0.25) is 5.91 Å². The smallest absolute Gasteiger partial charge is 0.326 e. The summed E-state index contributed by atoms with van der Waals surface area (Å²) in [6, 6.07) is 8.81. The largest absolute Gasteiger partial charge is 0.480 e. The number of carboxylic acid groups (broad SMARTS) is 1. The predicted molar refractivity (Wildman–Crippen MR) is 123 cm³/mol. The molecule has 6 nitrogen and oxygen atoms in total. The van der Waals surface area contributed by atoms with Gasteiger partial charge in [-0.1, -0.05) is 80.7 Å². The maximum absolute atomic E-state index is 12.1. The van der Waals surface area contributed by atoms with Gasteiger partial charge in [0.25, 0.3) is 0 Å². The summed E-state index contributed by atoms with van der Waals surface area (Å²) in [5.74, 6) is -0.173. The molecule has 3 rings (SSSR count). The highest BCUT2D eigenvalue weighted by molar-refractivity contribution is 6.02. The van der Waals surface area contributed by atoms with Gasteiger partial charge in [0, 0.05) is 12.1 Å². The minimum absolute atomic E-state index is 0.206. The van der Waals surface area contributed by atoms with Crippen LogP contribution in [-0.2, 0) is 16.0 Å². The molecule has 1 aromatic carbocycles. The molecule has 2 heterocycles. The zero-order valence-corrected chi connectivity index (χ0v) is 18.1. The zero-order chi connectivity index (χ0) is 21.9. The van der Waals surface area contributed by atoms with Crippen LogP contribution in [0.4, 0.5) is 0 Å². The Labute approximate surface area is 184 Å². The van der Waals surface area contributed by atoms with Crippen LogP contribution in [0, 0.1) is 0 Å². The SMILES string of the molecule is O=C(Cc1ccccc1)NC(CCCCCCCC1C=CC2=CCCNC2=N1)C(=O)O. The Balaban J connectivity index is 1.28. The first-order chi connectivity index (χ1) is 15.1. The van der Waals surface area contributed by atoms with Crippen LogP contribution in [-0.4, -0.2) is 41.4 Å². The topological polar surface area (TPSA) is 90.8 Å². The first-order valence-corrected chi connectivity index (χ1v) is 11.4. The number of fused-ring (bicyclic) bond motifs is 1. The summed E-state index contributed by atoms with van der Waals surface area (Å²) >= 11 is 0. The van der Waals surface area contributed by atoms with Crippen LogP contribution in [0.5, 0.6) is 0 Å². The number of dihydropyridines is 1. The summed E-state index contributed by atoms with van der Waals surface area (Å²) in [6.45, 7) is 0.965. The molecule has 0 aromatic heterocycles. The number of hydrogen-bond acceptors (Lipinski definition) is 4. The summed E-state index contributed by atoms with van der Waals surface area (Å²) in [5.41, 5.74) is 2.10. The van der Waals surface area contributed by atoms with Crippen molar-refractivity contribution >= 4 is 17.7 Å². The molecule has 0 saturated carbocycles. The number of nitrogens with zero attached hydrogens (tertiary/aromatic N) is 1. The van der Waals surface area contributed by atoms with Crippen molar-refractivity contribution < 1.29 is 14.7 Å². The number of unbranched alkanes of at least 4 members (excludes halogenated alkanes) is 4. The molecular weight excluding hydrogens is 390 g/mol. The van der Waals surface area contributed by atoms with Crippen molar-refractivity contribution in [2.24, 2.45) is 4.99 Å². The molecule has 166 valence electrons. The number of aliphatic imine (C=N–C) groups is 1. The van der Waals surface area contributed by atoms with Crippen molar-refractivity contribution in [3.8, 4) is 0 Å². The van der Waals surface area contributed by atoms with Gasteiger partial charge in [0.15, 0.2) is 0 Å². The minimum atomic E-state index is -0.964. The van der Waals surface area contributed by atoms with E-state index >= 15 is 0 Å². The molecule has 0 saturated heterocycles. The monoisotopic (exact) mass is 423 g/mol. The standard InChI is InChI=1S/C25H33N3O3/c29-23(18-19-10-5-4-6-11-19)28-22(25(30)31)14-8-3-1-2-7-13-21-16-15-20-12-9-17-26-24(20)27-21/h4-6,10-12,15-16,21-22H,1-3,7-9,13-14,17-18H2,(H,26,27)(H,28,29)(H,30,31). The molecule has 0 radical (unpaired) electrons. The van der Waals surface area contributed by atoms with Crippen LogP contribution in [0.25, 0.3) is 0 Å². The van der Waals surface area contributed by atoms with Gasteiger partial charge in [-0.2, -0.15) is 0 Å². The number of amidine groups is 1. The van der Waals surface area contributed by atoms with Crippen molar-refractivity contribution in [2.45, 2.75) is 69.9 Å². The van der Waals surface area contributed by atoms with Gasteiger partial charge in [-0.05, 0) is 24.8 Å². The highest BCUT2D eigenvalue weighted by Gasteiger charge is 2.19. The van der Waals surface area contributed by atoms with E-state index in [0.717, 1.165) is 62.9 Å². The fraction of sp³-hybridized carbons (Fsp3) is 0.480. The molecule has 0 fully saturated rings. The molecule has 2 unspecified atom stereocenters. The van der Waals surface area contributed by atoms with E-state index < -0.39 is 12.0 Å². The van der Waals surface area contributed by atoms with E-state index in [1.165, 1.54) is 5.57 Å². The third-order valence-corrected chi connectivity index (χ3v) is 5.70. The molecule has 2 aliphatic rings. The van der Waals surface area contributed by atoms with Gasteiger partial charge >= 0.3 is 5.97 Å². The van der Waals surface area contributed by atoms with Crippen molar-refractivity contribution in [2.75, 3.05) is 6.54 Å². The molecule has 0 bridgehead atoms. The molecule has 2 aliphatic heterocycles. The van der Waals surface area contributed by atoms with Crippen molar-refractivity contribution in [3.63, 3.8) is 0 Å². The maximum atomic E-state index is 12.1.